The van der Waals surface area contributed by atoms with E-state index in [4.69, 9.17) is 10.6 Å². The molecule has 0 radical (unpaired) electrons. The average Bonchev–Trinajstić information content (AvgIpc) is 1.79. The average molecular weight is 224 g/mol. The fourth-order valence-electron chi connectivity index (χ4n) is 1.08. The number of amides is 1. The summed E-state index contributed by atoms with van der Waals surface area (Å²) in [5.74, 6) is 5.41. The van der Waals surface area contributed by atoms with E-state index in [0.29, 0.717) is 13.1 Å². The Morgan fingerprint density at radius 3 is 2.36 bits per heavy atom. The minimum Gasteiger partial charge on any atom is -0.444 e. The highest BCUT2D eigenvalue weighted by Crippen LogP contribution is 2.08. The van der Waals surface area contributed by atoms with E-state index in [1.54, 1.807) is 5.01 Å². The molecule has 1 fully saturated rings. The van der Waals surface area contributed by atoms with E-state index in [-0.39, 0.29) is 24.5 Å². The standard InChI is InChI=1S/C8H17N3O2.ClH/c1-8(2,3)13-7(12)10-6-4-11(9)5-6;/h6H,4-5,9H2,1-3H3,(H,10,12);1H. The van der Waals surface area contributed by atoms with Crippen LogP contribution in [0.15, 0.2) is 0 Å². The molecule has 1 aliphatic rings. The van der Waals surface area contributed by atoms with Crippen LogP contribution in [0, 0.1) is 0 Å². The van der Waals surface area contributed by atoms with E-state index < -0.39 is 5.60 Å². The van der Waals surface area contributed by atoms with Gasteiger partial charge in [-0.15, -0.1) is 12.4 Å². The molecule has 6 heteroatoms. The predicted octanol–water partition coefficient (Wildman–Crippen LogP) is 0.491. The molecule has 0 saturated carbocycles. The second-order valence-electron chi connectivity index (χ2n) is 4.30. The number of nitrogens with two attached hydrogens (primary N) is 1. The van der Waals surface area contributed by atoms with Gasteiger partial charge in [0.05, 0.1) is 6.04 Å². The van der Waals surface area contributed by atoms with Crippen LogP contribution in [0.2, 0.25) is 0 Å². The highest BCUT2D eigenvalue weighted by Gasteiger charge is 2.27. The predicted molar refractivity (Wildman–Crippen MR) is 56.2 cm³/mol. The van der Waals surface area contributed by atoms with Crippen molar-refractivity contribution in [1.29, 1.82) is 0 Å². The quantitative estimate of drug-likeness (QED) is 0.635. The summed E-state index contributed by atoms with van der Waals surface area (Å²) in [7, 11) is 0. The van der Waals surface area contributed by atoms with Crippen LogP contribution in [0.1, 0.15) is 20.8 Å². The third-order valence-electron chi connectivity index (χ3n) is 1.63. The van der Waals surface area contributed by atoms with Crippen molar-refractivity contribution < 1.29 is 9.53 Å². The highest BCUT2D eigenvalue weighted by atomic mass is 35.5. The van der Waals surface area contributed by atoms with Crippen LogP contribution in [-0.4, -0.2) is 35.8 Å². The van der Waals surface area contributed by atoms with Crippen LogP contribution in [0.3, 0.4) is 0 Å². The molecule has 3 N–H and O–H groups in total. The maximum Gasteiger partial charge on any atom is 0.407 e. The van der Waals surface area contributed by atoms with E-state index >= 15 is 0 Å². The number of carbonyl (C=O) groups excluding carboxylic acids is 1. The number of carbonyl (C=O) groups is 1. The number of nitrogens with one attached hydrogen (secondary N) is 1. The Kier molecular flexibility index (Phi) is 4.64. The third kappa shape index (κ3) is 4.64. The van der Waals surface area contributed by atoms with Crippen molar-refractivity contribution in [3.8, 4) is 0 Å². The van der Waals surface area contributed by atoms with Gasteiger partial charge in [-0.25, -0.2) is 9.80 Å². The Hall–Kier alpha value is -0.520. The van der Waals surface area contributed by atoms with Crippen molar-refractivity contribution in [3.63, 3.8) is 0 Å². The minimum atomic E-state index is -0.434. The number of hydrazine groups is 1. The lowest BCUT2D eigenvalue weighted by Crippen LogP contribution is -2.62. The number of alkyl carbamates (subject to hydrolysis) is 1. The minimum absolute atomic E-state index is 0. The van der Waals surface area contributed by atoms with Crippen LogP contribution in [0.4, 0.5) is 4.79 Å². The second-order valence-corrected chi connectivity index (χ2v) is 4.30. The number of ether oxygens (including phenoxy) is 1. The number of hydrogen-bond donors (Lipinski definition) is 2. The fourth-order valence-corrected chi connectivity index (χ4v) is 1.08. The van der Waals surface area contributed by atoms with Gasteiger partial charge in [0.1, 0.15) is 5.60 Å². The molecule has 84 valence electrons. The van der Waals surface area contributed by atoms with Gasteiger partial charge in [0.25, 0.3) is 0 Å². The molecular weight excluding hydrogens is 206 g/mol. The van der Waals surface area contributed by atoms with E-state index in [0.717, 1.165) is 0 Å². The smallest absolute Gasteiger partial charge is 0.407 e. The van der Waals surface area contributed by atoms with Gasteiger partial charge in [0.2, 0.25) is 0 Å². The van der Waals surface area contributed by atoms with Crippen molar-refractivity contribution in [3.05, 3.63) is 0 Å². The van der Waals surface area contributed by atoms with Crippen LogP contribution in [0.5, 0.6) is 0 Å². The molecule has 1 amide bonds. The van der Waals surface area contributed by atoms with Crippen molar-refractivity contribution in [2.75, 3.05) is 13.1 Å². The van der Waals surface area contributed by atoms with Gasteiger partial charge in [-0.3, -0.25) is 5.84 Å². The Labute approximate surface area is 90.3 Å². The highest BCUT2D eigenvalue weighted by molar-refractivity contribution is 5.85. The molecule has 0 bridgehead atoms. The zero-order chi connectivity index (χ0) is 10.1. The molecule has 0 aromatic heterocycles. The monoisotopic (exact) mass is 223 g/mol. The molecule has 14 heavy (non-hydrogen) atoms. The summed E-state index contributed by atoms with van der Waals surface area (Å²) in [6, 6.07) is 0.139. The van der Waals surface area contributed by atoms with Crippen LogP contribution in [0.25, 0.3) is 0 Å². The normalized spacial score (nSPS) is 18.0. The summed E-state index contributed by atoms with van der Waals surface area (Å²) in [6.07, 6.45) is -0.370. The first-order valence-electron chi connectivity index (χ1n) is 4.36. The molecule has 1 heterocycles. The van der Waals surface area contributed by atoms with Crippen molar-refractivity contribution in [2.24, 2.45) is 5.84 Å². The van der Waals surface area contributed by atoms with Crippen LogP contribution in [-0.2, 0) is 4.74 Å². The van der Waals surface area contributed by atoms with Gasteiger partial charge in [-0.1, -0.05) is 0 Å². The zero-order valence-electron chi connectivity index (χ0n) is 8.74. The Morgan fingerprint density at radius 2 is 2.00 bits per heavy atom. The molecule has 0 aliphatic carbocycles. The number of rotatable bonds is 1. The second kappa shape index (κ2) is 4.82. The lowest BCUT2D eigenvalue weighted by molar-refractivity contribution is 0.0403. The Balaban J connectivity index is 0.00000169. The van der Waals surface area contributed by atoms with Crippen LogP contribution < -0.4 is 11.2 Å². The Bertz CT molecular complexity index is 199. The maximum absolute atomic E-state index is 11.2. The fraction of sp³-hybridized carbons (Fsp3) is 0.875. The topological polar surface area (TPSA) is 67.6 Å². The third-order valence-corrected chi connectivity index (χ3v) is 1.63. The molecule has 0 spiro atoms. The van der Waals surface area contributed by atoms with Gasteiger partial charge in [0.15, 0.2) is 0 Å². The first-order chi connectivity index (χ1) is 5.87. The first kappa shape index (κ1) is 13.5. The SMILES string of the molecule is CC(C)(C)OC(=O)NC1CN(N)C1.Cl. The molecule has 0 unspecified atom stereocenters. The molecule has 1 saturated heterocycles. The van der Waals surface area contributed by atoms with E-state index in [2.05, 4.69) is 5.32 Å². The number of halogens is 1. The summed E-state index contributed by atoms with van der Waals surface area (Å²) >= 11 is 0. The van der Waals surface area contributed by atoms with Gasteiger partial charge < -0.3 is 10.1 Å². The first-order valence-corrected chi connectivity index (χ1v) is 4.36. The van der Waals surface area contributed by atoms with Crippen molar-refractivity contribution in [2.45, 2.75) is 32.4 Å². The van der Waals surface area contributed by atoms with Crippen LogP contribution >= 0.6 is 12.4 Å². The lowest BCUT2D eigenvalue weighted by Gasteiger charge is -2.36. The van der Waals surface area contributed by atoms with E-state index in [9.17, 15) is 4.79 Å². The molecular formula is C8H18ClN3O2. The Morgan fingerprint density at radius 1 is 1.50 bits per heavy atom. The zero-order valence-corrected chi connectivity index (χ0v) is 9.56. The molecule has 1 rings (SSSR count). The maximum atomic E-state index is 11.2. The van der Waals surface area contributed by atoms with Gasteiger partial charge in [-0.2, -0.15) is 0 Å². The van der Waals surface area contributed by atoms with Crippen molar-refractivity contribution >= 4 is 18.5 Å². The summed E-state index contributed by atoms with van der Waals surface area (Å²) in [5.41, 5.74) is -0.434. The molecule has 0 aromatic carbocycles. The molecule has 0 atom stereocenters. The van der Waals surface area contributed by atoms with E-state index in [1.165, 1.54) is 0 Å². The number of nitrogens with zero attached hydrogens (tertiary/aromatic N) is 1. The van der Waals surface area contributed by atoms with Gasteiger partial charge >= 0.3 is 6.09 Å². The lowest BCUT2D eigenvalue weighted by atomic mass is 10.2. The summed E-state index contributed by atoms with van der Waals surface area (Å²) in [6.45, 7) is 6.90. The molecule has 1 aliphatic heterocycles. The summed E-state index contributed by atoms with van der Waals surface area (Å²) in [5, 5.41) is 4.36. The van der Waals surface area contributed by atoms with Crippen molar-refractivity contribution in [1.82, 2.24) is 10.3 Å². The summed E-state index contributed by atoms with van der Waals surface area (Å²) in [4.78, 5) is 11.2. The number of hydrogen-bond acceptors (Lipinski definition) is 4. The molecule has 0 aromatic rings. The van der Waals surface area contributed by atoms with Gasteiger partial charge in [-0.05, 0) is 20.8 Å². The van der Waals surface area contributed by atoms with E-state index in [1.807, 2.05) is 20.8 Å². The molecule has 5 nitrogen and oxygen atoms in total. The largest absolute Gasteiger partial charge is 0.444 e. The van der Waals surface area contributed by atoms with Gasteiger partial charge in [0, 0.05) is 13.1 Å². The summed E-state index contributed by atoms with van der Waals surface area (Å²) < 4.78 is 5.07.